The Morgan fingerprint density at radius 1 is 1.29 bits per heavy atom. The van der Waals surface area contributed by atoms with E-state index in [0.29, 0.717) is 11.8 Å². The third-order valence-corrected chi connectivity index (χ3v) is 3.65. The molecule has 4 heteroatoms. The first-order valence-electron chi connectivity index (χ1n) is 6.78. The highest BCUT2D eigenvalue weighted by molar-refractivity contribution is 5.85. The Labute approximate surface area is 111 Å². The van der Waals surface area contributed by atoms with Crippen LogP contribution in [0.1, 0.15) is 39.0 Å². The van der Waals surface area contributed by atoms with Crippen LogP contribution in [0.4, 0.5) is 0 Å². The minimum atomic E-state index is 0. The average molecular weight is 261 g/mol. The summed E-state index contributed by atoms with van der Waals surface area (Å²) in [4.78, 5) is 14.3. The van der Waals surface area contributed by atoms with E-state index in [4.69, 9.17) is 0 Å². The normalized spacial score (nSPS) is 23.2. The number of hydrogen-bond donors (Lipinski definition) is 1. The van der Waals surface area contributed by atoms with E-state index in [1.807, 2.05) is 0 Å². The van der Waals surface area contributed by atoms with Crippen LogP contribution in [-0.4, -0.2) is 37.0 Å². The van der Waals surface area contributed by atoms with Crippen LogP contribution in [0.3, 0.4) is 0 Å². The number of halogens is 1. The molecule has 1 atom stereocenters. The van der Waals surface area contributed by atoms with E-state index in [-0.39, 0.29) is 12.4 Å². The monoisotopic (exact) mass is 260 g/mol. The Morgan fingerprint density at radius 2 is 2.06 bits per heavy atom. The van der Waals surface area contributed by atoms with Gasteiger partial charge in [0, 0.05) is 19.5 Å². The number of hydrogen-bond acceptors (Lipinski definition) is 2. The molecule has 0 aromatic carbocycles. The number of rotatable bonds is 6. The van der Waals surface area contributed by atoms with Crippen LogP contribution in [0, 0.1) is 11.8 Å². The van der Waals surface area contributed by atoms with Crippen molar-refractivity contribution in [3.63, 3.8) is 0 Å². The smallest absolute Gasteiger partial charge is 0.222 e. The van der Waals surface area contributed by atoms with Crippen LogP contribution in [-0.2, 0) is 4.79 Å². The van der Waals surface area contributed by atoms with Gasteiger partial charge in [-0.15, -0.1) is 12.4 Å². The summed E-state index contributed by atoms with van der Waals surface area (Å²) < 4.78 is 0. The first-order valence-corrected chi connectivity index (χ1v) is 6.78. The van der Waals surface area contributed by atoms with E-state index in [9.17, 15) is 4.79 Å². The fraction of sp³-hybridized carbons (Fsp3) is 0.923. The molecule has 1 amide bonds. The minimum absolute atomic E-state index is 0. The van der Waals surface area contributed by atoms with Gasteiger partial charge in [0.2, 0.25) is 5.91 Å². The summed E-state index contributed by atoms with van der Waals surface area (Å²) in [6, 6.07) is 0. The van der Waals surface area contributed by atoms with Crippen molar-refractivity contribution >= 4 is 18.3 Å². The molecule has 1 saturated heterocycles. The molecule has 0 bridgehead atoms. The predicted octanol–water partition coefficient (Wildman–Crippen LogP) is 2.06. The summed E-state index contributed by atoms with van der Waals surface area (Å²) in [5.74, 6) is 1.80. The highest BCUT2D eigenvalue weighted by Gasteiger charge is 2.27. The van der Waals surface area contributed by atoms with Crippen molar-refractivity contribution in [3.05, 3.63) is 0 Å². The second-order valence-corrected chi connectivity index (χ2v) is 5.35. The molecular formula is C13H25ClN2O. The fourth-order valence-electron chi connectivity index (χ4n) is 2.46. The zero-order valence-corrected chi connectivity index (χ0v) is 11.6. The molecule has 17 heavy (non-hydrogen) atoms. The summed E-state index contributed by atoms with van der Waals surface area (Å²) in [6.45, 7) is 6.26. The summed E-state index contributed by atoms with van der Waals surface area (Å²) in [5.41, 5.74) is 0. The molecule has 0 aromatic rings. The molecule has 1 unspecified atom stereocenters. The molecule has 1 aliphatic heterocycles. The van der Waals surface area contributed by atoms with Gasteiger partial charge in [-0.2, -0.15) is 0 Å². The molecule has 0 spiro atoms. The van der Waals surface area contributed by atoms with Gasteiger partial charge in [-0.1, -0.05) is 6.92 Å². The Bertz CT molecular complexity index is 238. The van der Waals surface area contributed by atoms with Gasteiger partial charge >= 0.3 is 0 Å². The summed E-state index contributed by atoms with van der Waals surface area (Å²) in [5, 5.41) is 3.33. The van der Waals surface area contributed by atoms with Crippen LogP contribution < -0.4 is 5.32 Å². The SMILES string of the molecule is CCCN(CC1CC1)C(=O)CC1CCNC1.Cl. The van der Waals surface area contributed by atoms with E-state index in [0.717, 1.165) is 44.9 Å². The van der Waals surface area contributed by atoms with E-state index in [2.05, 4.69) is 17.1 Å². The van der Waals surface area contributed by atoms with Crippen LogP contribution in [0.25, 0.3) is 0 Å². The summed E-state index contributed by atoms with van der Waals surface area (Å²) >= 11 is 0. The molecule has 100 valence electrons. The topological polar surface area (TPSA) is 32.3 Å². The third kappa shape index (κ3) is 4.84. The summed E-state index contributed by atoms with van der Waals surface area (Å²) in [7, 11) is 0. The Morgan fingerprint density at radius 3 is 2.59 bits per heavy atom. The molecule has 2 rings (SSSR count). The van der Waals surface area contributed by atoms with E-state index < -0.39 is 0 Å². The molecular weight excluding hydrogens is 236 g/mol. The lowest BCUT2D eigenvalue weighted by molar-refractivity contribution is -0.132. The average Bonchev–Trinajstić information content (AvgIpc) is 2.94. The van der Waals surface area contributed by atoms with Gasteiger partial charge in [-0.3, -0.25) is 4.79 Å². The highest BCUT2D eigenvalue weighted by atomic mass is 35.5. The molecule has 1 aliphatic carbocycles. The number of carbonyl (C=O) groups excluding carboxylic acids is 1. The second-order valence-electron chi connectivity index (χ2n) is 5.35. The molecule has 2 fully saturated rings. The van der Waals surface area contributed by atoms with Gasteiger partial charge in [0.15, 0.2) is 0 Å². The number of nitrogens with one attached hydrogen (secondary N) is 1. The van der Waals surface area contributed by atoms with Crippen molar-refractivity contribution in [3.8, 4) is 0 Å². The van der Waals surface area contributed by atoms with E-state index in [1.54, 1.807) is 0 Å². The lowest BCUT2D eigenvalue weighted by Gasteiger charge is -2.23. The van der Waals surface area contributed by atoms with Gasteiger partial charge in [0.1, 0.15) is 0 Å². The quantitative estimate of drug-likeness (QED) is 0.793. The van der Waals surface area contributed by atoms with Crippen molar-refractivity contribution in [2.24, 2.45) is 11.8 Å². The molecule has 2 aliphatic rings. The van der Waals surface area contributed by atoms with Crippen molar-refractivity contribution in [2.75, 3.05) is 26.2 Å². The lowest BCUT2D eigenvalue weighted by atomic mass is 10.0. The van der Waals surface area contributed by atoms with Crippen molar-refractivity contribution in [1.29, 1.82) is 0 Å². The van der Waals surface area contributed by atoms with Gasteiger partial charge in [-0.05, 0) is 50.6 Å². The maximum atomic E-state index is 12.2. The van der Waals surface area contributed by atoms with E-state index >= 15 is 0 Å². The molecule has 1 saturated carbocycles. The van der Waals surface area contributed by atoms with Gasteiger partial charge in [-0.25, -0.2) is 0 Å². The van der Waals surface area contributed by atoms with Crippen LogP contribution >= 0.6 is 12.4 Å². The van der Waals surface area contributed by atoms with Crippen LogP contribution in [0.15, 0.2) is 0 Å². The van der Waals surface area contributed by atoms with Gasteiger partial charge < -0.3 is 10.2 Å². The standard InChI is InChI=1S/C13H24N2O.ClH/c1-2-7-15(10-11-3-4-11)13(16)8-12-5-6-14-9-12;/h11-12,14H,2-10H2,1H3;1H. The largest absolute Gasteiger partial charge is 0.342 e. The van der Waals surface area contributed by atoms with Crippen molar-refractivity contribution in [1.82, 2.24) is 10.2 Å². The molecule has 1 heterocycles. The summed E-state index contributed by atoms with van der Waals surface area (Å²) in [6.07, 6.45) is 5.69. The first kappa shape index (κ1) is 14.8. The van der Waals surface area contributed by atoms with Crippen molar-refractivity contribution in [2.45, 2.75) is 39.0 Å². The highest BCUT2D eigenvalue weighted by Crippen LogP contribution is 2.30. The number of carbonyl (C=O) groups is 1. The van der Waals surface area contributed by atoms with Gasteiger partial charge in [0.05, 0.1) is 0 Å². The third-order valence-electron chi connectivity index (χ3n) is 3.65. The van der Waals surface area contributed by atoms with Crippen LogP contribution in [0.2, 0.25) is 0 Å². The number of amides is 1. The lowest BCUT2D eigenvalue weighted by Crippen LogP contribution is -2.35. The number of nitrogens with zero attached hydrogens (tertiary/aromatic N) is 1. The first-order chi connectivity index (χ1) is 7.79. The molecule has 3 nitrogen and oxygen atoms in total. The Hall–Kier alpha value is -0.280. The molecule has 1 N–H and O–H groups in total. The second kappa shape index (κ2) is 7.22. The minimum Gasteiger partial charge on any atom is -0.342 e. The van der Waals surface area contributed by atoms with Gasteiger partial charge in [0.25, 0.3) is 0 Å². The maximum absolute atomic E-state index is 12.2. The molecule has 0 aromatic heterocycles. The fourth-order valence-corrected chi connectivity index (χ4v) is 2.46. The van der Waals surface area contributed by atoms with Crippen molar-refractivity contribution < 1.29 is 4.79 Å². The molecule has 0 radical (unpaired) electrons. The van der Waals surface area contributed by atoms with Crippen LogP contribution in [0.5, 0.6) is 0 Å². The van der Waals surface area contributed by atoms with E-state index in [1.165, 1.54) is 19.3 Å². The Kier molecular flexibility index (Phi) is 6.28. The zero-order chi connectivity index (χ0) is 11.4. The Balaban J connectivity index is 0.00000144. The maximum Gasteiger partial charge on any atom is 0.222 e. The zero-order valence-electron chi connectivity index (χ0n) is 10.8. The predicted molar refractivity (Wildman–Crippen MR) is 72.4 cm³/mol.